The Hall–Kier alpha value is -1.94. The molecular weight excluding hydrogens is 294 g/mol. The molecule has 2 aromatic rings. The van der Waals surface area contributed by atoms with Crippen LogP contribution < -0.4 is 10.1 Å². The van der Waals surface area contributed by atoms with Crippen LogP contribution in [0.1, 0.15) is 24.2 Å². The van der Waals surface area contributed by atoms with Crippen molar-refractivity contribution in [3.63, 3.8) is 0 Å². The fourth-order valence-corrected chi connectivity index (χ4v) is 3.12. The van der Waals surface area contributed by atoms with Crippen molar-refractivity contribution in [1.29, 1.82) is 0 Å². The average Bonchev–Trinajstić information content (AvgIpc) is 2.56. The summed E-state index contributed by atoms with van der Waals surface area (Å²) in [7, 11) is 1.60. The number of benzene rings is 2. The fourth-order valence-electron chi connectivity index (χ4n) is 2.11. The quantitative estimate of drug-likeness (QED) is 0.816. The molecule has 0 aliphatic rings. The van der Waals surface area contributed by atoms with Crippen LogP contribution in [0.2, 0.25) is 0 Å². The van der Waals surface area contributed by atoms with E-state index >= 15 is 0 Å². The van der Waals surface area contributed by atoms with Gasteiger partial charge in [0.1, 0.15) is 5.75 Å². The van der Waals surface area contributed by atoms with Gasteiger partial charge in [-0.2, -0.15) is 11.8 Å². The lowest BCUT2D eigenvalue weighted by molar-refractivity contribution is -0.115. The van der Waals surface area contributed by atoms with E-state index in [1.54, 1.807) is 18.9 Å². The number of methoxy groups -OCH3 is 1. The van der Waals surface area contributed by atoms with Crippen LogP contribution in [-0.2, 0) is 4.79 Å². The largest absolute Gasteiger partial charge is 0.495 e. The zero-order valence-electron chi connectivity index (χ0n) is 12.9. The van der Waals surface area contributed by atoms with Crippen LogP contribution in [0.3, 0.4) is 0 Å². The summed E-state index contributed by atoms with van der Waals surface area (Å²) in [6.45, 7) is 2.16. The number of carbonyl (C=O) groups is 1. The number of ether oxygens (including phenoxy) is 1. The number of hydrogen-bond donors (Lipinski definition) is 1. The van der Waals surface area contributed by atoms with Crippen LogP contribution in [-0.4, -0.2) is 18.8 Å². The Morgan fingerprint density at radius 3 is 2.55 bits per heavy atom. The van der Waals surface area contributed by atoms with Crippen molar-refractivity contribution in [1.82, 2.24) is 0 Å². The minimum Gasteiger partial charge on any atom is -0.495 e. The molecule has 1 atom stereocenters. The van der Waals surface area contributed by atoms with Crippen molar-refractivity contribution in [3.05, 3.63) is 60.2 Å². The topological polar surface area (TPSA) is 38.3 Å². The second-order valence-corrected chi connectivity index (χ2v) is 6.37. The molecule has 0 radical (unpaired) electrons. The highest BCUT2D eigenvalue weighted by molar-refractivity contribution is 7.99. The summed E-state index contributed by atoms with van der Waals surface area (Å²) in [6.07, 6.45) is 0.486. The van der Waals surface area contributed by atoms with Crippen LogP contribution in [0.5, 0.6) is 5.75 Å². The van der Waals surface area contributed by atoms with Gasteiger partial charge in [-0.1, -0.05) is 42.5 Å². The molecule has 2 rings (SSSR count). The maximum Gasteiger partial charge on any atom is 0.225 e. The Balaban J connectivity index is 1.78. The van der Waals surface area contributed by atoms with E-state index < -0.39 is 0 Å². The van der Waals surface area contributed by atoms with E-state index in [9.17, 15) is 4.79 Å². The number of carbonyl (C=O) groups excluding carboxylic acids is 1. The molecule has 0 aliphatic heterocycles. The number of thioether (sulfide) groups is 1. The van der Waals surface area contributed by atoms with Crippen molar-refractivity contribution < 1.29 is 9.53 Å². The Morgan fingerprint density at radius 1 is 1.14 bits per heavy atom. The molecule has 4 heteroatoms. The lowest BCUT2D eigenvalue weighted by Crippen LogP contribution is -2.13. The molecule has 1 unspecified atom stereocenters. The van der Waals surface area contributed by atoms with Crippen molar-refractivity contribution in [2.75, 3.05) is 18.2 Å². The number of anilines is 1. The number of para-hydroxylation sites is 2. The van der Waals surface area contributed by atoms with E-state index in [1.165, 1.54) is 5.56 Å². The number of rotatable bonds is 7. The highest BCUT2D eigenvalue weighted by Crippen LogP contribution is 2.28. The van der Waals surface area contributed by atoms with Gasteiger partial charge in [0, 0.05) is 17.4 Å². The summed E-state index contributed by atoms with van der Waals surface area (Å²) in [5.41, 5.74) is 2.01. The molecular formula is C18H21NO2S. The first kappa shape index (κ1) is 16.4. The lowest BCUT2D eigenvalue weighted by atomic mass is 10.2. The van der Waals surface area contributed by atoms with Crippen LogP contribution in [0.25, 0.3) is 0 Å². The smallest absolute Gasteiger partial charge is 0.225 e. The van der Waals surface area contributed by atoms with E-state index in [1.807, 2.05) is 42.5 Å². The Bertz CT molecular complexity index is 601. The summed E-state index contributed by atoms with van der Waals surface area (Å²) in [6, 6.07) is 17.8. The number of amides is 1. The molecule has 0 bridgehead atoms. The van der Waals surface area contributed by atoms with Gasteiger partial charge in [0.25, 0.3) is 0 Å². The zero-order valence-corrected chi connectivity index (χ0v) is 13.7. The Labute approximate surface area is 136 Å². The van der Waals surface area contributed by atoms with E-state index in [0.29, 0.717) is 17.4 Å². The van der Waals surface area contributed by atoms with Gasteiger partial charge < -0.3 is 10.1 Å². The molecule has 0 spiro atoms. The van der Waals surface area contributed by atoms with E-state index in [0.717, 1.165) is 11.4 Å². The SMILES string of the molecule is COc1ccccc1NC(=O)CCSC(C)c1ccccc1. The first-order valence-corrected chi connectivity index (χ1v) is 8.35. The highest BCUT2D eigenvalue weighted by atomic mass is 32.2. The van der Waals surface area contributed by atoms with Gasteiger partial charge in [-0.15, -0.1) is 0 Å². The van der Waals surface area contributed by atoms with Gasteiger partial charge in [0.2, 0.25) is 5.91 Å². The standard InChI is InChI=1S/C18H21NO2S/c1-14(15-8-4-3-5-9-15)22-13-12-18(20)19-16-10-6-7-11-17(16)21-2/h3-11,14H,12-13H2,1-2H3,(H,19,20). The van der Waals surface area contributed by atoms with Gasteiger partial charge in [0.05, 0.1) is 12.8 Å². The van der Waals surface area contributed by atoms with Crippen molar-refractivity contribution in [3.8, 4) is 5.75 Å². The summed E-state index contributed by atoms with van der Waals surface area (Å²) < 4.78 is 5.23. The van der Waals surface area contributed by atoms with Crippen molar-refractivity contribution in [2.45, 2.75) is 18.6 Å². The van der Waals surface area contributed by atoms with Gasteiger partial charge in [-0.05, 0) is 24.6 Å². The zero-order chi connectivity index (χ0) is 15.8. The van der Waals surface area contributed by atoms with Crippen molar-refractivity contribution >= 4 is 23.4 Å². The number of hydrogen-bond acceptors (Lipinski definition) is 3. The predicted molar refractivity (Wildman–Crippen MR) is 93.6 cm³/mol. The first-order chi connectivity index (χ1) is 10.7. The van der Waals surface area contributed by atoms with Gasteiger partial charge in [0.15, 0.2) is 0 Å². The molecule has 0 heterocycles. The molecule has 2 aromatic carbocycles. The monoisotopic (exact) mass is 315 g/mol. The molecule has 0 aliphatic carbocycles. The maximum atomic E-state index is 12.0. The summed E-state index contributed by atoms with van der Waals surface area (Å²) in [5.74, 6) is 1.48. The lowest BCUT2D eigenvalue weighted by Gasteiger charge is -2.12. The molecule has 0 saturated carbocycles. The van der Waals surface area contributed by atoms with Gasteiger partial charge >= 0.3 is 0 Å². The van der Waals surface area contributed by atoms with Gasteiger partial charge in [-0.3, -0.25) is 4.79 Å². The third-order valence-electron chi connectivity index (χ3n) is 3.35. The van der Waals surface area contributed by atoms with Crippen LogP contribution in [0.4, 0.5) is 5.69 Å². The molecule has 22 heavy (non-hydrogen) atoms. The van der Waals surface area contributed by atoms with E-state index in [2.05, 4.69) is 24.4 Å². The third kappa shape index (κ3) is 4.81. The second-order valence-electron chi connectivity index (χ2n) is 4.92. The van der Waals surface area contributed by atoms with Crippen LogP contribution in [0, 0.1) is 0 Å². The first-order valence-electron chi connectivity index (χ1n) is 7.30. The highest BCUT2D eigenvalue weighted by Gasteiger charge is 2.09. The maximum absolute atomic E-state index is 12.0. The molecule has 116 valence electrons. The average molecular weight is 315 g/mol. The minimum absolute atomic E-state index is 0.0114. The normalized spacial score (nSPS) is 11.7. The van der Waals surface area contributed by atoms with E-state index in [-0.39, 0.29) is 5.91 Å². The van der Waals surface area contributed by atoms with Crippen LogP contribution in [0.15, 0.2) is 54.6 Å². The predicted octanol–water partition coefficient (Wildman–Crippen LogP) is 4.52. The van der Waals surface area contributed by atoms with Crippen molar-refractivity contribution in [2.24, 2.45) is 0 Å². The molecule has 0 saturated heterocycles. The molecule has 1 amide bonds. The molecule has 0 aromatic heterocycles. The second kappa shape index (κ2) is 8.49. The molecule has 3 nitrogen and oxygen atoms in total. The fraction of sp³-hybridized carbons (Fsp3) is 0.278. The summed E-state index contributed by atoms with van der Waals surface area (Å²) >= 11 is 1.79. The Kier molecular flexibility index (Phi) is 6.34. The molecule has 1 N–H and O–H groups in total. The summed E-state index contributed by atoms with van der Waals surface area (Å²) in [4.78, 5) is 12.0. The van der Waals surface area contributed by atoms with Crippen LogP contribution >= 0.6 is 11.8 Å². The van der Waals surface area contributed by atoms with Gasteiger partial charge in [-0.25, -0.2) is 0 Å². The molecule has 0 fully saturated rings. The number of nitrogens with one attached hydrogen (secondary N) is 1. The third-order valence-corrected chi connectivity index (χ3v) is 4.56. The van der Waals surface area contributed by atoms with E-state index in [4.69, 9.17) is 4.74 Å². The minimum atomic E-state index is 0.0114. The summed E-state index contributed by atoms with van der Waals surface area (Å²) in [5, 5.41) is 3.29. The Morgan fingerprint density at radius 2 is 1.82 bits per heavy atom.